The molecule has 0 saturated carbocycles. The summed E-state index contributed by atoms with van der Waals surface area (Å²) in [6, 6.07) is 10.3. The van der Waals surface area contributed by atoms with Crippen molar-refractivity contribution >= 4 is 38.6 Å². The van der Waals surface area contributed by atoms with Gasteiger partial charge < -0.3 is 5.32 Å². The molecule has 0 spiro atoms. The highest BCUT2D eigenvalue weighted by molar-refractivity contribution is 9.10. The highest BCUT2D eigenvalue weighted by Gasteiger charge is 2.09. The van der Waals surface area contributed by atoms with Crippen LogP contribution in [0.3, 0.4) is 0 Å². The molecule has 7 heteroatoms. The van der Waals surface area contributed by atoms with Crippen molar-refractivity contribution in [2.75, 3.05) is 5.32 Å². The zero-order chi connectivity index (χ0) is 13.8. The molecule has 19 heavy (non-hydrogen) atoms. The van der Waals surface area contributed by atoms with Gasteiger partial charge in [0.2, 0.25) is 0 Å². The monoisotopic (exact) mass is 337 g/mol. The van der Waals surface area contributed by atoms with Gasteiger partial charge >= 0.3 is 0 Å². The number of nitriles is 1. The molecule has 5 nitrogen and oxygen atoms in total. The predicted molar refractivity (Wildman–Crippen MR) is 77.2 cm³/mol. The van der Waals surface area contributed by atoms with E-state index in [0.717, 1.165) is 10.6 Å². The second-order valence-electron chi connectivity index (χ2n) is 3.65. The van der Waals surface area contributed by atoms with Crippen LogP contribution in [0.1, 0.15) is 9.75 Å². The first-order valence-electron chi connectivity index (χ1n) is 5.27. The molecule has 1 aromatic heterocycles. The van der Waals surface area contributed by atoms with E-state index in [4.69, 9.17) is 5.26 Å². The Morgan fingerprint density at radius 1 is 1.42 bits per heavy atom. The maximum atomic E-state index is 10.6. The minimum Gasteiger partial charge on any atom is -0.379 e. The van der Waals surface area contributed by atoms with Gasteiger partial charge in [0.1, 0.15) is 10.9 Å². The van der Waals surface area contributed by atoms with E-state index in [-0.39, 0.29) is 5.69 Å². The Bertz CT molecular complexity index is 663. The first kappa shape index (κ1) is 13.5. The molecule has 0 atom stereocenters. The Kier molecular flexibility index (Phi) is 4.14. The number of nitro benzene ring substituents is 1. The maximum absolute atomic E-state index is 10.6. The summed E-state index contributed by atoms with van der Waals surface area (Å²) >= 11 is 4.71. The van der Waals surface area contributed by atoms with E-state index in [9.17, 15) is 10.1 Å². The summed E-state index contributed by atoms with van der Waals surface area (Å²) in [5, 5.41) is 22.5. The fourth-order valence-corrected chi connectivity index (χ4v) is 2.73. The van der Waals surface area contributed by atoms with Crippen LogP contribution in [0.15, 0.2) is 34.8 Å². The maximum Gasteiger partial charge on any atom is 0.270 e. The molecule has 1 aromatic carbocycles. The van der Waals surface area contributed by atoms with Crippen molar-refractivity contribution in [2.45, 2.75) is 6.54 Å². The molecule has 0 fully saturated rings. The first-order valence-corrected chi connectivity index (χ1v) is 6.87. The van der Waals surface area contributed by atoms with Crippen molar-refractivity contribution in [2.24, 2.45) is 0 Å². The number of nitrogens with zero attached hydrogens (tertiary/aromatic N) is 2. The van der Waals surface area contributed by atoms with Gasteiger partial charge in [0.05, 0.1) is 4.92 Å². The molecule has 0 radical (unpaired) electrons. The van der Waals surface area contributed by atoms with Crippen LogP contribution in [0.4, 0.5) is 11.4 Å². The summed E-state index contributed by atoms with van der Waals surface area (Å²) in [5.41, 5.74) is 0.817. The van der Waals surface area contributed by atoms with Gasteiger partial charge in [0.15, 0.2) is 0 Å². The van der Waals surface area contributed by atoms with Crippen molar-refractivity contribution in [3.63, 3.8) is 0 Å². The zero-order valence-corrected chi connectivity index (χ0v) is 12.0. The molecule has 0 bridgehead atoms. The van der Waals surface area contributed by atoms with E-state index in [1.54, 1.807) is 12.1 Å². The summed E-state index contributed by atoms with van der Waals surface area (Å²) in [6.45, 7) is 0.572. The van der Waals surface area contributed by atoms with E-state index < -0.39 is 4.92 Å². The number of hydrogen-bond donors (Lipinski definition) is 1. The predicted octanol–water partition coefficient (Wildman–Crippen LogP) is 3.90. The van der Waals surface area contributed by atoms with Crippen LogP contribution in [0.25, 0.3) is 0 Å². The summed E-state index contributed by atoms with van der Waals surface area (Å²) in [6.07, 6.45) is 0. The Labute approximate surface area is 121 Å². The van der Waals surface area contributed by atoms with Gasteiger partial charge in [0.25, 0.3) is 5.69 Å². The van der Waals surface area contributed by atoms with E-state index in [1.165, 1.54) is 23.5 Å². The van der Waals surface area contributed by atoms with Gasteiger partial charge in [-0.25, -0.2) is 0 Å². The van der Waals surface area contributed by atoms with Crippen LogP contribution in [0.5, 0.6) is 0 Å². The average Bonchev–Trinajstić information content (AvgIpc) is 2.85. The van der Waals surface area contributed by atoms with Gasteiger partial charge in [-0.15, -0.1) is 11.3 Å². The quantitative estimate of drug-likeness (QED) is 0.677. The van der Waals surface area contributed by atoms with Crippen LogP contribution in [0.2, 0.25) is 0 Å². The van der Waals surface area contributed by atoms with Crippen molar-refractivity contribution < 1.29 is 4.92 Å². The Morgan fingerprint density at radius 3 is 2.79 bits per heavy atom. The smallest absolute Gasteiger partial charge is 0.270 e. The Morgan fingerprint density at radius 2 is 2.21 bits per heavy atom. The molecule has 96 valence electrons. The lowest BCUT2D eigenvalue weighted by Gasteiger charge is -2.06. The molecular formula is C12H8BrN3O2S. The van der Waals surface area contributed by atoms with E-state index >= 15 is 0 Å². The van der Waals surface area contributed by atoms with Crippen LogP contribution >= 0.6 is 27.3 Å². The van der Waals surface area contributed by atoms with Crippen molar-refractivity contribution in [1.29, 1.82) is 5.26 Å². The number of thiophene rings is 1. The van der Waals surface area contributed by atoms with Gasteiger partial charge in [-0.3, -0.25) is 10.1 Å². The number of anilines is 1. The van der Waals surface area contributed by atoms with Gasteiger partial charge in [0, 0.05) is 33.7 Å². The zero-order valence-electron chi connectivity index (χ0n) is 9.59. The number of rotatable bonds is 4. The molecule has 0 aliphatic rings. The molecule has 0 aliphatic carbocycles. The minimum atomic E-state index is -0.437. The number of non-ortho nitro benzene ring substituents is 1. The van der Waals surface area contributed by atoms with Gasteiger partial charge in [-0.05, 0) is 34.1 Å². The lowest BCUT2D eigenvalue weighted by atomic mass is 10.3. The molecule has 1 heterocycles. The fraction of sp³-hybridized carbons (Fsp3) is 0.0833. The number of halogens is 1. The largest absolute Gasteiger partial charge is 0.379 e. The molecule has 2 aromatic rings. The minimum absolute atomic E-state index is 0.0420. The normalized spacial score (nSPS) is 9.89. The third kappa shape index (κ3) is 3.30. The van der Waals surface area contributed by atoms with Crippen LogP contribution in [-0.2, 0) is 6.54 Å². The molecule has 1 N–H and O–H groups in total. The molecule has 0 saturated heterocycles. The molecule has 2 rings (SSSR count). The van der Waals surface area contributed by atoms with Crippen molar-refractivity contribution in [3.05, 3.63) is 54.7 Å². The number of benzene rings is 1. The fourth-order valence-electron chi connectivity index (χ4n) is 1.48. The van der Waals surface area contributed by atoms with Crippen LogP contribution in [-0.4, -0.2) is 4.92 Å². The number of nitro groups is 1. The molecule has 0 aliphatic heterocycles. The highest BCUT2D eigenvalue weighted by Crippen LogP contribution is 2.28. The standard InChI is InChI=1S/C12H8BrN3O2S/c13-11-5-8(16(17)18)1-4-12(11)15-7-10-3-2-9(6-14)19-10/h1-5,15H,7H2. The Hall–Kier alpha value is -1.91. The lowest BCUT2D eigenvalue weighted by Crippen LogP contribution is -1.98. The SMILES string of the molecule is N#Cc1ccc(CNc2ccc([N+](=O)[O-])cc2Br)s1. The lowest BCUT2D eigenvalue weighted by molar-refractivity contribution is -0.384. The summed E-state index contributed by atoms with van der Waals surface area (Å²) < 4.78 is 0.638. The third-order valence-electron chi connectivity index (χ3n) is 2.39. The van der Waals surface area contributed by atoms with Crippen molar-refractivity contribution in [3.8, 4) is 6.07 Å². The number of hydrogen-bond acceptors (Lipinski definition) is 5. The van der Waals surface area contributed by atoms with Gasteiger partial charge in [-0.1, -0.05) is 0 Å². The van der Waals surface area contributed by atoms with Crippen LogP contribution in [0, 0.1) is 21.4 Å². The van der Waals surface area contributed by atoms with E-state index in [1.807, 2.05) is 6.07 Å². The van der Waals surface area contributed by atoms with Crippen molar-refractivity contribution in [1.82, 2.24) is 0 Å². The summed E-state index contributed by atoms with van der Waals surface area (Å²) in [5.74, 6) is 0. The van der Waals surface area contributed by atoms with Gasteiger partial charge in [-0.2, -0.15) is 5.26 Å². The van der Waals surface area contributed by atoms with Crippen LogP contribution < -0.4 is 5.32 Å². The molecular weight excluding hydrogens is 330 g/mol. The summed E-state index contributed by atoms with van der Waals surface area (Å²) in [7, 11) is 0. The topological polar surface area (TPSA) is 79.0 Å². The first-order chi connectivity index (χ1) is 9.10. The average molecular weight is 338 g/mol. The number of nitrogens with one attached hydrogen (secondary N) is 1. The second-order valence-corrected chi connectivity index (χ2v) is 5.68. The highest BCUT2D eigenvalue weighted by atomic mass is 79.9. The molecule has 0 unspecified atom stereocenters. The van der Waals surface area contributed by atoms with E-state index in [0.29, 0.717) is 15.9 Å². The Balaban J connectivity index is 2.07. The second kappa shape index (κ2) is 5.82. The third-order valence-corrected chi connectivity index (χ3v) is 4.03. The van der Waals surface area contributed by atoms with E-state index in [2.05, 4.69) is 27.3 Å². The molecule has 0 amide bonds. The summed E-state index contributed by atoms with van der Waals surface area (Å²) in [4.78, 5) is 11.9.